The summed E-state index contributed by atoms with van der Waals surface area (Å²) in [5, 5.41) is 9.67. The minimum atomic E-state index is -5.95. The van der Waals surface area contributed by atoms with Gasteiger partial charge < -0.3 is 15.6 Å². The number of ether oxygens (including phenoxy) is 1. The van der Waals surface area contributed by atoms with Crippen LogP contribution in [0.25, 0.3) is 11.1 Å². The van der Waals surface area contributed by atoms with E-state index in [1.165, 1.54) is 0 Å². The number of rotatable bonds is 10. The molecule has 3 aromatic rings. The van der Waals surface area contributed by atoms with Gasteiger partial charge in [-0.2, -0.15) is 26.3 Å². The number of piperazine rings is 1. The van der Waals surface area contributed by atoms with Crippen LogP contribution in [0.4, 0.5) is 26.3 Å². The van der Waals surface area contributed by atoms with Crippen LogP contribution in [0, 0.1) is 6.92 Å². The number of hydrogen-bond acceptors (Lipinski definition) is 7. The van der Waals surface area contributed by atoms with Gasteiger partial charge in [0.2, 0.25) is 0 Å². The molecule has 2 heterocycles. The largest absolute Gasteiger partial charge is 0.464 e. The van der Waals surface area contributed by atoms with E-state index in [9.17, 15) is 36.2 Å². The molecule has 1 atom stereocenters. The summed E-state index contributed by atoms with van der Waals surface area (Å²) in [6.45, 7) is 5.48. The van der Waals surface area contributed by atoms with Crippen LogP contribution in [0.5, 0.6) is 0 Å². The summed E-state index contributed by atoms with van der Waals surface area (Å²) >= 11 is 0. The van der Waals surface area contributed by atoms with Gasteiger partial charge in [0.25, 0.3) is 5.60 Å². The Kier molecular flexibility index (Phi) is 10.3. The summed E-state index contributed by atoms with van der Waals surface area (Å²) in [4.78, 5) is 21.0. The molecule has 0 radical (unpaired) electrons. The van der Waals surface area contributed by atoms with Gasteiger partial charge in [0, 0.05) is 63.3 Å². The van der Waals surface area contributed by atoms with E-state index in [0.29, 0.717) is 49.4 Å². The molecule has 1 aliphatic heterocycles. The predicted octanol–water partition coefficient (Wildman–Crippen LogP) is 4.95. The number of pyridine rings is 1. The summed E-state index contributed by atoms with van der Waals surface area (Å²) in [5.74, 6) is -0.322. The highest BCUT2D eigenvalue weighted by Crippen LogP contribution is 2.50. The fraction of sp³-hybridized carbons (Fsp3) is 0.419. The molecule has 0 bridgehead atoms. The molecule has 13 heteroatoms. The molecular formula is C31H34F6N4O3. The van der Waals surface area contributed by atoms with Crippen LogP contribution < -0.4 is 5.73 Å². The van der Waals surface area contributed by atoms with E-state index < -0.39 is 23.5 Å². The lowest BCUT2D eigenvalue weighted by atomic mass is 9.90. The zero-order valence-corrected chi connectivity index (χ0v) is 24.0. The van der Waals surface area contributed by atoms with E-state index in [4.69, 9.17) is 10.5 Å². The van der Waals surface area contributed by atoms with Crippen LogP contribution in [0.1, 0.15) is 28.7 Å². The fourth-order valence-electron chi connectivity index (χ4n) is 5.43. The van der Waals surface area contributed by atoms with Gasteiger partial charge in [-0.3, -0.25) is 19.6 Å². The Balaban J connectivity index is 1.47. The van der Waals surface area contributed by atoms with Crippen molar-refractivity contribution >= 4 is 5.97 Å². The minimum Gasteiger partial charge on any atom is -0.464 e. The normalized spacial score (nSPS) is 17.1. The van der Waals surface area contributed by atoms with E-state index in [0.717, 1.165) is 35.4 Å². The van der Waals surface area contributed by atoms with Gasteiger partial charge in [-0.15, -0.1) is 0 Å². The number of carbonyl (C=O) groups is 1. The third-order valence-corrected chi connectivity index (χ3v) is 7.74. The number of halogens is 6. The standard InChI is InChI=1S/C31H34F6N4O3/c1-21-16-23(2-7-27(21)24-3-5-25(6-4-24)29(43,30(32,33)34)31(35,36)37)18-40-13-14-41(19-22-8-11-39-12-9-22)26(20-40)17-28(42)44-15-10-38/h2-9,11-12,16,26,43H,10,13-15,17-20,38H2,1H3/t26-/m1/s1. The first-order chi connectivity index (χ1) is 20.7. The molecule has 0 unspecified atom stereocenters. The number of hydrogen-bond donors (Lipinski definition) is 2. The highest BCUT2D eigenvalue weighted by molar-refractivity contribution is 5.70. The lowest BCUT2D eigenvalue weighted by Gasteiger charge is -2.41. The van der Waals surface area contributed by atoms with Crippen molar-refractivity contribution in [2.24, 2.45) is 5.73 Å². The number of aryl methyl sites for hydroxylation is 1. The summed E-state index contributed by atoms with van der Waals surface area (Å²) in [5.41, 5.74) is 3.04. The first-order valence-electron chi connectivity index (χ1n) is 14.0. The number of nitrogens with zero attached hydrogens (tertiary/aromatic N) is 3. The molecule has 0 saturated carbocycles. The number of aliphatic hydroxyl groups is 1. The Bertz CT molecular complexity index is 1390. The van der Waals surface area contributed by atoms with Crippen LogP contribution in [-0.4, -0.2) is 77.0 Å². The van der Waals surface area contributed by atoms with Gasteiger partial charge in [0.15, 0.2) is 0 Å². The van der Waals surface area contributed by atoms with E-state index in [-0.39, 0.29) is 31.6 Å². The number of benzene rings is 2. The molecule has 0 spiro atoms. The Morgan fingerprint density at radius 1 is 0.955 bits per heavy atom. The summed E-state index contributed by atoms with van der Waals surface area (Å²) in [7, 11) is 0. The van der Waals surface area contributed by atoms with Crippen molar-refractivity contribution in [2.75, 3.05) is 32.8 Å². The van der Waals surface area contributed by atoms with E-state index in [2.05, 4.69) is 14.8 Å². The van der Waals surface area contributed by atoms with Crippen molar-refractivity contribution < 1.29 is 41.0 Å². The fourth-order valence-corrected chi connectivity index (χ4v) is 5.43. The van der Waals surface area contributed by atoms with E-state index in [1.54, 1.807) is 25.4 Å². The predicted molar refractivity (Wildman–Crippen MR) is 151 cm³/mol. The van der Waals surface area contributed by atoms with Gasteiger partial charge in [-0.25, -0.2) is 0 Å². The van der Waals surface area contributed by atoms with Crippen LogP contribution in [0.2, 0.25) is 0 Å². The molecule has 1 fully saturated rings. The van der Waals surface area contributed by atoms with Gasteiger partial charge in [-0.1, -0.05) is 42.5 Å². The first-order valence-corrected chi connectivity index (χ1v) is 14.0. The summed E-state index contributed by atoms with van der Waals surface area (Å²) < 4.78 is 84.8. The van der Waals surface area contributed by atoms with Crippen molar-refractivity contribution in [2.45, 2.75) is 50.4 Å². The number of nitrogens with two attached hydrogens (primary N) is 1. The number of aromatic nitrogens is 1. The lowest BCUT2D eigenvalue weighted by Crippen LogP contribution is -2.53. The monoisotopic (exact) mass is 624 g/mol. The molecule has 3 N–H and O–H groups in total. The molecule has 44 heavy (non-hydrogen) atoms. The van der Waals surface area contributed by atoms with Crippen molar-refractivity contribution in [3.8, 4) is 11.1 Å². The molecule has 0 aliphatic carbocycles. The summed E-state index contributed by atoms with van der Waals surface area (Å²) in [6.07, 6.45) is -8.24. The second kappa shape index (κ2) is 13.6. The Labute approximate surface area is 251 Å². The SMILES string of the molecule is Cc1cc(CN2CCN(Cc3ccncc3)[C@H](CC(=O)OCCN)C2)ccc1-c1ccc(C(O)(C(F)(F)F)C(F)(F)F)cc1. The molecule has 1 aliphatic rings. The first kappa shape index (κ1) is 33.4. The maximum absolute atomic E-state index is 13.3. The average Bonchev–Trinajstić information content (AvgIpc) is 2.96. The number of carbonyl (C=O) groups excluding carboxylic acids is 1. The highest BCUT2D eigenvalue weighted by atomic mass is 19.4. The quantitative estimate of drug-likeness (QED) is 0.244. The Morgan fingerprint density at radius 2 is 1.61 bits per heavy atom. The molecule has 4 rings (SSSR count). The highest BCUT2D eigenvalue weighted by Gasteiger charge is 2.71. The van der Waals surface area contributed by atoms with Gasteiger partial charge in [-0.05, 0) is 46.9 Å². The van der Waals surface area contributed by atoms with Crippen molar-refractivity contribution in [3.05, 3.63) is 89.2 Å². The van der Waals surface area contributed by atoms with Crippen LogP contribution in [0.15, 0.2) is 67.0 Å². The van der Waals surface area contributed by atoms with Gasteiger partial charge in [0.05, 0.1) is 6.42 Å². The zero-order chi connectivity index (χ0) is 32.1. The van der Waals surface area contributed by atoms with Crippen LogP contribution >= 0.6 is 0 Å². The number of alkyl halides is 6. The van der Waals surface area contributed by atoms with Crippen molar-refractivity contribution in [3.63, 3.8) is 0 Å². The summed E-state index contributed by atoms with van der Waals surface area (Å²) in [6, 6.07) is 12.9. The second-order valence-corrected chi connectivity index (χ2v) is 10.9. The zero-order valence-electron chi connectivity index (χ0n) is 24.0. The van der Waals surface area contributed by atoms with Crippen molar-refractivity contribution in [1.29, 1.82) is 0 Å². The minimum absolute atomic E-state index is 0.104. The molecule has 2 aromatic carbocycles. The van der Waals surface area contributed by atoms with E-state index >= 15 is 0 Å². The number of esters is 1. The Hall–Kier alpha value is -3.52. The van der Waals surface area contributed by atoms with Gasteiger partial charge >= 0.3 is 18.3 Å². The average molecular weight is 625 g/mol. The third-order valence-electron chi connectivity index (χ3n) is 7.74. The molecule has 0 amide bonds. The second-order valence-electron chi connectivity index (χ2n) is 10.9. The van der Waals surface area contributed by atoms with Gasteiger partial charge in [0.1, 0.15) is 6.61 Å². The van der Waals surface area contributed by atoms with Crippen LogP contribution in [-0.2, 0) is 28.2 Å². The maximum Gasteiger partial charge on any atom is 0.430 e. The van der Waals surface area contributed by atoms with Crippen LogP contribution in [0.3, 0.4) is 0 Å². The molecule has 238 valence electrons. The Morgan fingerprint density at radius 3 is 2.20 bits per heavy atom. The maximum atomic E-state index is 13.3. The lowest BCUT2D eigenvalue weighted by molar-refractivity contribution is -0.376. The third kappa shape index (κ3) is 7.57. The molecule has 1 aromatic heterocycles. The van der Waals surface area contributed by atoms with Crippen molar-refractivity contribution in [1.82, 2.24) is 14.8 Å². The topological polar surface area (TPSA) is 91.9 Å². The smallest absolute Gasteiger partial charge is 0.430 e. The van der Waals surface area contributed by atoms with E-state index in [1.807, 2.05) is 24.3 Å². The molecule has 7 nitrogen and oxygen atoms in total. The molecular weight excluding hydrogens is 590 g/mol. The molecule has 1 saturated heterocycles.